The highest BCUT2D eigenvalue weighted by Crippen LogP contribution is 2.12. The Morgan fingerprint density at radius 1 is 1.38 bits per heavy atom. The lowest BCUT2D eigenvalue weighted by Crippen LogP contribution is -2.41. The molecule has 21 heavy (non-hydrogen) atoms. The largest absolute Gasteiger partial charge is 0.463 e. The predicted octanol–water partition coefficient (Wildman–Crippen LogP) is 1.43. The van der Waals surface area contributed by atoms with Crippen molar-refractivity contribution in [3.8, 4) is 0 Å². The van der Waals surface area contributed by atoms with Crippen LogP contribution in [0.5, 0.6) is 0 Å². The van der Waals surface area contributed by atoms with Crippen molar-refractivity contribution in [2.45, 2.75) is 25.5 Å². The molecule has 1 N–H and O–H groups in total. The molecule has 0 aromatic heterocycles. The standard InChI is InChI=1S/C14H14BrNO5/c1-8(13(18)21-11-6-7-20-14(11)19)16-12(17)9-2-4-10(15)5-3-9/h2-5,8,11H,6-7H2,1H3,(H,16,17)/t8-,11+/m0/s1. The summed E-state index contributed by atoms with van der Waals surface area (Å²) in [6.07, 6.45) is -0.526. The Labute approximate surface area is 129 Å². The number of benzene rings is 1. The summed E-state index contributed by atoms with van der Waals surface area (Å²) in [5.41, 5.74) is 0.429. The molecule has 2 rings (SSSR count). The number of carbonyl (C=O) groups is 3. The third-order valence-corrected chi connectivity index (χ3v) is 3.48. The van der Waals surface area contributed by atoms with Gasteiger partial charge in [0.25, 0.3) is 5.91 Å². The van der Waals surface area contributed by atoms with Crippen LogP contribution in [0.4, 0.5) is 0 Å². The fourth-order valence-corrected chi connectivity index (χ4v) is 2.03. The average molecular weight is 356 g/mol. The highest BCUT2D eigenvalue weighted by molar-refractivity contribution is 9.10. The first-order chi connectivity index (χ1) is 9.97. The number of hydrogen-bond donors (Lipinski definition) is 1. The second-order valence-electron chi connectivity index (χ2n) is 4.58. The molecule has 0 radical (unpaired) electrons. The van der Waals surface area contributed by atoms with Gasteiger partial charge in [-0.25, -0.2) is 9.59 Å². The molecule has 7 heteroatoms. The van der Waals surface area contributed by atoms with Crippen LogP contribution in [0.15, 0.2) is 28.7 Å². The molecule has 0 aliphatic carbocycles. The molecule has 1 aromatic rings. The molecule has 0 unspecified atom stereocenters. The van der Waals surface area contributed by atoms with Gasteiger partial charge in [-0.1, -0.05) is 15.9 Å². The van der Waals surface area contributed by atoms with Gasteiger partial charge in [0, 0.05) is 16.5 Å². The van der Waals surface area contributed by atoms with E-state index in [1.54, 1.807) is 24.3 Å². The molecule has 1 aliphatic heterocycles. The fourth-order valence-electron chi connectivity index (χ4n) is 1.77. The summed E-state index contributed by atoms with van der Waals surface area (Å²) in [5, 5.41) is 2.52. The molecule has 0 spiro atoms. The molecule has 6 nitrogen and oxygen atoms in total. The number of rotatable bonds is 4. The van der Waals surface area contributed by atoms with Crippen LogP contribution < -0.4 is 5.32 Å². The second-order valence-corrected chi connectivity index (χ2v) is 5.50. The number of ether oxygens (including phenoxy) is 2. The molecule has 1 aliphatic rings. The van der Waals surface area contributed by atoms with Gasteiger partial charge in [0.1, 0.15) is 6.04 Å². The van der Waals surface area contributed by atoms with Gasteiger partial charge >= 0.3 is 11.9 Å². The van der Waals surface area contributed by atoms with Gasteiger partial charge in [-0.2, -0.15) is 0 Å². The third-order valence-electron chi connectivity index (χ3n) is 2.95. The van der Waals surface area contributed by atoms with Crippen molar-refractivity contribution in [3.63, 3.8) is 0 Å². The molecule has 0 bridgehead atoms. The maximum Gasteiger partial charge on any atom is 0.347 e. The van der Waals surface area contributed by atoms with Gasteiger partial charge in [-0.15, -0.1) is 0 Å². The summed E-state index contributed by atoms with van der Waals surface area (Å²) >= 11 is 3.27. The molecular formula is C14H14BrNO5. The number of nitrogens with one attached hydrogen (secondary N) is 1. The van der Waals surface area contributed by atoms with E-state index < -0.39 is 24.1 Å². The first-order valence-corrected chi connectivity index (χ1v) is 7.20. The monoisotopic (exact) mass is 355 g/mol. The van der Waals surface area contributed by atoms with E-state index >= 15 is 0 Å². The minimum absolute atomic E-state index is 0.246. The van der Waals surface area contributed by atoms with E-state index in [0.717, 1.165) is 4.47 Å². The van der Waals surface area contributed by atoms with Crippen molar-refractivity contribution in [3.05, 3.63) is 34.3 Å². The highest BCUT2D eigenvalue weighted by atomic mass is 79.9. The number of carbonyl (C=O) groups excluding carboxylic acids is 3. The Hall–Kier alpha value is -1.89. The van der Waals surface area contributed by atoms with E-state index in [1.807, 2.05) is 0 Å². The molecule has 1 heterocycles. The van der Waals surface area contributed by atoms with E-state index in [0.29, 0.717) is 12.0 Å². The molecule has 1 aromatic carbocycles. The number of amides is 1. The molecule has 1 saturated heterocycles. The molecule has 1 amide bonds. The van der Waals surface area contributed by atoms with Crippen LogP contribution in [0.2, 0.25) is 0 Å². The van der Waals surface area contributed by atoms with Crippen LogP contribution in [-0.4, -0.2) is 36.6 Å². The summed E-state index contributed by atoms with van der Waals surface area (Å²) in [6.45, 7) is 1.75. The van der Waals surface area contributed by atoms with Gasteiger partial charge in [0.15, 0.2) is 0 Å². The van der Waals surface area contributed by atoms with E-state index in [4.69, 9.17) is 9.47 Å². The minimum Gasteiger partial charge on any atom is -0.463 e. The number of hydrogen-bond acceptors (Lipinski definition) is 5. The zero-order chi connectivity index (χ0) is 15.4. The first-order valence-electron chi connectivity index (χ1n) is 6.41. The van der Waals surface area contributed by atoms with Crippen LogP contribution in [0.1, 0.15) is 23.7 Å². The Morgan fingerprint density at radius 3 is 2.62 bits per heavy atom. The number of cyclic esters (lactones) is 1. The number of halogens is 1. The van der Waals surface area contributed by atoms with Crippen molar-refractivity contribution in [2.24, 2.45) is 0 Å². The summed E-state index contributed by atoms with van der Waals surface area (Å²) < 4.78 is 10.6. The Bertz CT molecular complexity index is 557. The third kappa shape index (κ3) is 4.04. The number of esters is 2. The summed E-state index contributed by atoms with van der Waals surface area (Å²) in [6, 6.07) is 5.87. The van der Waals surface area contributed by atoms with Gasteiger partial charge in [0.05, 0.1) is 6.61 Å². The maximum atomic E-state index is 11.9. The molecule has 0 saturated carbocycles. The van der Waals surface area contributed by atoms with Crippen molar-refractivity contribution in [1.82, 2.24) is 5.32 Å². The maximum absolute atomic E-state index is 11.9. The van der Waals surface area contributed by atoms with Gasteiger partial charge in [-0.3, -0.25) is 4.79 Å². The van der Waals surface area contributed by atoms with E-state index in [1.165, 1.54) is 6.92 Å². The van der Waals surface area contributed by atoms with Crippen LogP contribution >= 0.6 is 15.9 Å². The SMILES string of the molecule is C[C@H](NC(=O)c1ccc(Br)cc1)C(=O)O[C@@H]1CCOC1=O. The van der Waals surface area contributed by atoms with E-state index in [-0.39, 0.29) is 12.5 Å². The summed E-state index contributed by atoms with van der Waals surface area (Å²) in [4.78, 5) is 35.0. The minimum atomic E-state index is -0.871. The topological polar surface area (TPSA) is 81.7 Å². The van der Waals surface area contributed by atoms with Crippen molar-refractivity contribution < 1.29 is 23.9 Å². The van der Waals surface area contributed by atoms with E-state index in [9.17, 15) is 14.4 Å². The van der Waals surface area contributed by atoms with Crippen molar-refractivity contribution >= 4 is 33.8 Å². The first kappa shape index (κ1) is 15.5. The van der Waals surface area contributed by atoms with Crippen LogP contribution in [0, 0.1) is 0 Å². The van der Waals surface area contributed by atoms with E-state index in [2.05, 4.69) is 21.2 Å². The normalized spacial score (nSPS) is 18.8. The summed E-state index contributed by atoms with van der Waals surface area (Å²) in [7, 11) is 0. The van der Waals surface area contributed by atoms with Gasteiger partial charge in [0.2, 0.25) is 6.10 Å². The zero-order valence-corrected chi connectivity index (χ0v) is 12.9. The second kappa shape index (κ2) is 6.71. The Morgan fingerprint density at radius 2 is 2.05 bits per heavy atom. The lowest BCUT2D eigenvalue weighted by atomic mass is 10.2. The van der Waals surface area contributed by atoms with Crippen molar-refractivity contribution in [1.29, 1.82) is 0 Å². The lowest BCUT2D eigenvalue weighted by Gasteiger charge is -2.15. The van der Waals surface area contributed by atoms with Crippen molar-refractivity contribution in [2.75, 3.05) is 6.61 Å². The van der Waals surface area contributed by atoms with Crippen LogP contribution in [0.3, 0.4) is 0 Å². The quantitative estimate of drug-likeness (QED) is 0.826. The highest BCUT2D eigenvalue weighted by Gasteiger charge is 2.32. The smallest absolute Gasteiger partial charge is 0.347 e. The fraction of sp³-hybridized carbons (Fsp3) is 0.357. The molecule has 112 valence electrons. The van der Waals surface area contributed by atoms with Crippen LogP contribution in [-0.2, 0) is 19.1 Å². The summed E-state index contributed by atoms with van der Waals surface area (Å²) in [5.74, 6) is -1.60. The molecule has 2 atom stereocenters. The van der Waals surface area contributed by atoms with Gasteiger partial charge < -0.3 is 14.8 Å². The Kier molecular flexibility index (Phi) is 4.95. The molecular weight excluding hydrogens is 342 g/mol. The predicted molar refractivity (Wildman–Crippen MR) is 76.5 cm³/mol. The zero-order valence-electron chi connectivity index (χ0n) is 11.3. The van der Waals surface area contributed by atoms with Gasteiger partial charge in [-0.05, 0) is 31.2 Å². The van der Waals surface area contributed by atoms with Crippen LogP contribution in [0.25, 0.3) is 0 Å². The average Bonchev–Trinajstić information content (AvgIpc) is 2.84. The lowest BCUT2D eigenvalue weighted by molar-refractivity contribution is -0.161. The molecule has 1 fully saturated rings. The Balaban J connectivity index is 1.89.